The summed E-state index contributed by atoms with van der Waals surface area (Å²) < 4.78 is 22.0. The molecule has 0 saturated heterocycles. The number of rotatable bonds is 3. The van der Waals surface area contributed by atoms with Gasteiger partial charge in [-0.25, -0.2) is 14.4 Å². The smallest absolute Gasteiger partial charge is 0.273 e. The minimum atomic E-state index is -0.425. The normalized spacial score (nSPS) is 13.2. The molecule has 1 aliphatic rings. The van der Waals surface area contributed by atoms with E-state index in [-0.39, 0.29) is 17.9 Å². The topological polar surface area (TPSA) is 135 Å². The number of carbonyl (C=O) groups is 1. The van der Waals surface area contributed by atoms with E-state index in [0.29, 0.717) is 46.7 Å². The van der Waals surface area contributed by atoms with Gasteiger partial charge in [-0.15, -0.1) is 10.2 Å². The molecule has 3 aromatic heterocycles. The number of hydrogen-bond acceptors (Lipinski definition) is 10. The van der Waals surface area contributed by atoms with E-state index < -0.39 is 11.7 Å². The summed E-state index contributed by atoms with van der Waals surface area (Å²) >= 11 is 0. The Bertz CT molecular complexity index is 1490. The summed E-state index contributed by atoms with van der Waals surface area (Å²) in [5.74, 6) is 0.821. The zero-order chi connectivity index (χ0) is 26.1. The van der Waals surface area contributed by atoms with E-state index in [4.69, 9.17) is 4.74 Å². The van der Waals surface area contributed by atoms with Gasteiger partial charge in [0.15, 0.2) is 23.1 Å². The second-order valence-electron chi connectivity index (χ2n) is 8.58. The number of amides is 1. The molecule has 0 unspecified atom stereocenters. The van der Waals surface area contributed by atoms with Crippen molar-refractivity contribution in [2.45, 2.75) is 13.1 Å². The van der Waals surface area contributed by atoms with Crippen LogP contribution in [0.3, 0.4) is 0 Å². The molecule has 5 rings (SSSR count). The van der Waals surface area contributed by atoms with Gasteiger partial charge in [0.2, 0.25) is 0 Å². The highest BCUT2D eigenvalue weighted by molar-refractivity contribution is 5.99. The van der Waals surface area contributed by atoms with E-state index in [1.54, 1.807) is 31.2 Å². The Balaban J connectivity index is 1.72. The van der Waals surface area contributed by atoms with Crippen molar-refractivity contribution in [3.63, 3.8) is 0 Å². The van der Waals surface area contributed by atoms with E-state index >= 15 is 0 Å². The van der Waals surface area contributed by atoms with Gasteiger partial charge in [0.05, 0.1) is 29.7 Å². The zero-order valence-electron chi connectivity index (χ0n) is 20.7. The minimum absolute atomic E-state index is 0.0787. The number of fused-ring (bicyclic) bond motifs is 6. The van der Waals surface area contributed by atoms with Crippen molar-refractivity contribution in [3.05, 3.63) is 59.4 Å². The van der Waals surface area contributed by atoms with Crippen LogP contribution in [0.5, 0.6) is 5.75 Å². The zero-order valence-corrected chi connectivity index (χ0v) is 20.7. The van der Waals surface area contributed by atoms with Crippen LogP contribution >= 0.6 is 0 Å². The van der Waals surface area contributed by atoms with Crippen molar-refractivity contribution >= 4 is 28.9 Å². The number of benzene rings is 1. The summed E-state index contributed by atoms with van der Waals surface area (Å²) in [6.07, 6.45) is 1.60. The van der Waals surface area contributed by atoms with Crippen molar-refractivity contribution in [3.8, 4) is 17.1 Å². The van der Waals surface area contributed by atoms with Crippen LogP contribution in [0.4, 0.5) is 27.4 Å². The second-order valence-corrected chi connectivity index (χ2v) is 8.58. The van der Waals surface area contributed by atoms with Crippen molar-refractivity contribution in [1.29, 1.82) is 0 Å². The van der Waals surface area contributed by atoms with Gasteiger partial charge >= 0.3 is 0 Å². The molecule has 6 bridgehead atoms. The fourth-order valence-electron chi connectivity index (χ4n) is 4.12. The SMILES string of the molecule is CNC(=O)c1nnc2cc1Nc1cc(cc(-c3ncn(C)n3)c1OC)CN(C)Cc1nc(ccc1F)N2. The fourth-order valence-corrected chi connectivity index (χ4v) is 4.12. The molecule has 0 aliphatic carbocycles. The quantitative estimate of drug-likeness (QED) is 0.382. The van der Waals surface area contributed by atoms with Gasteiger partial charge in [0.25, 0.3) is 5.91 Å². The molecule has 3 N–H and O–H groups in total. The summed E-state index contributed by atoms with van der Waals surface area (Å²) in [5, 5.41) is 21.6. The highest BCUT2D eigenvalue weighted by Gasteiger charge is 2.22. The molecule has 190 valence electrons. The van der Waals surface area contributed by atoms with E-state index in [1.807, 2.05) is 24.1 Å². The molecule has 0 spiro atoms. The number of nitrogens with one attached hydrogen (secondary N) is 3. The third kappa shape index (κ3) is 4.89. The molecule has 1 amide bonds. The number of nitrogens with zero attached hydrogens (tertiary/aromatic N) is 7. The maximum atomic E-state index is 14.6. The lowest BCUT2D eigenvalue weighted by Crippen LogP contribution is -2.22. The molecule has 0 fully saturated rings. The number of aromatic nitrogens is 6. The van der Waals surface area contributed by atoms with Gasteiger partial charge in [-0.05, 0) is 36.9 Å². The number of methoxy groups -OCH3 is 1. The number of ether oxygens (including phenoxy) is 1. The number of pyridine rings is 1. The Morgan fingerprint density at radius 2 is 1.92 bits per heavy atom. The first-order chi connectivity index (χ1) is 17.8. The first-order valence-corrected chi connectivity index (χ1v) is 11.4. The highest BCUT2D eigenvalue weighted by Crippen LogP contribution is 2.39. The third-order valence-electron chi connectivity index (χ3n) is 5.75. The van der Waals surface area contributed by atoms with Gasteiger partial charge in [0, 0.05) is 33.3 Å². The van der Waals surface area contributed by atoms with E-state index in [1.165, 1.54) is 19.2 Å². The first-order valence-electron chi connectivity index (χ1n) is 11.4. The largest absolute Gasteiger partial charge is 0.494 e. The van der Waals surface area contributed by atoms with Crippen molar-refractivity contribution < 1.29 is 13.9 Å². The Morgan fingerprint density at radius 3 is 2.65 bits per heavy atom. The molecular formula is C24H25FN10O2. The molecule has 0 radical (unpaired) electrons. The van der Waals surface area contributed by atoms with E-state index in [0.717, 1.165) is 5.56 Å². The number of hydrogen-bond donors (Lipinski definition) is 3. The maximum Gasteiger partial charge on any atom is 0.273 e. The van der Waals surface area contributed by atoms with Crippen LogP contribution in [-0.2, 0) is 20.1 Å². The van der Waals surface area contributed by atoms with Crippen LogP contribution in [-0.4, -0.2) is 62.0 Å². The summed E-state index contributed by atoms with van der Waals surface area (Å²) in [5.41, 5.74) is 2.83. The van der Waals surface area contributed by atoms with Crippen molar-refractivity contribution in [2.24, 2.45) is 7.05 Å². The van der Waals surface area contributed by atoms with E-state index in [9.17, 15) is 9.18 Å². The average Bonchev–Trinajstić information content (AvgIpc) is 3.31. The van der Waals surface area contributed by atoms with Gasteiger partial charge in [-0.2, -0.15) is 5.10 Å². The molecule has 12 nitrogen and oxygen atoms in total. The molecule has 0 atom stereocenters. The van der Waals surface area contributed by atoms with Crippen LogP contribution in [0.1, 0.15) is 21.7 Å². The lowest BCUT2D eigenvalue weighted by Gasteiger charge is -2.21. The lowest BCUT2D eigenvalue weighted by atomic mass is 10.1. The van der Waals surface area contributed by atoms with Gasteiger partial charge < -0.3 is 20.7 Å². The van der Waals surface area contributed by atoms with Crippen molar-refractivity contribution in [2.75, 3.05) is 31.8 Å². The summed E-state index contributed by atoms with van der Waals surface area (Å²) in [7, 11) is 6.72. The van der Waals surface area contributed by atoms with Crippen LogP contribution in [0.15, 0.2) is 36.7 Å². The molecule has 0 saturated carbocycles. The predicted octanol–water partition coefficient (Wildman–Crippen LogP) is 2.61. The molecule has 4 heterocycles. The second kappa shape index (κ2) is 9.78. The van der Waals surface area contributed by atoms with Gasteiger partial charge in [-0.3, -0.25) is 14.4 Å². The summed E-state index contributed by atoms with van der Waals surface area (Å²) in [4.78, 5) is 23.4. The molecular weight excluding hydrogens is 479 g/mol. The van der Waals surface area contributed by atoms with E-state index in [2.05, 4.69) is 41.2 Å². The van der Waals surface area contributed by atoms with Gasteiger partial charge in [0.1, 0.15) is 18.0 Å². The molecule has 13 heteroatoms. The number of halogens is 1. The number of aryl methyl sites for hydroxylation is 1. The summed E-state index contributed by atoms with van der Waals surface area (Å²) in [6.45, 7) is 0.722. The fraction of sp³-hybridized carbons (Fsp3) is 0.250. The lowest BCUT2D eigenvalue weighted by molar-refractivity contribution is 0.0958. The van der Waals surface area contributed by atoms with Crippen LogP contribution in [0.2, 0.25) is 0 Å². The molecule has 37 heavy (non-hydrogen) atoms. The molecule has 4 aromatic rings. The standard InChI is InChI=1S/C24H25FN10O2/c1-26-24(36)21-16-9-20(31-32-21)30-19-6-5-15(25)18(29-19)11-34(2)10-13-7-14(23-27-12-35(3)33-23)22(37-4)17(8-13)28-16/h5-9,12,28H,10-11H2,1-4H3,(H,26,36)(H,29,30,31). The Kier molecular flexibility index (Phi) is 6.36. The Labute approximate surface area is 211 Å². The monoisotopic (exact) mass is 504 g/mol. The number of anilines is 4. The third-order valence-corrected chi connectivity index (χ3v) is 5.75. The van der Waals surface area contributed by atoms with Crippen LogP contribution < -0.4 is 20.7 Å². The molecule has 1 aromatic carbocycles. The Morgan fingerprint density at radius 1 is 1.08 bits per heavy atom. The highest BCUT2D eigenvalue weighted by atomic mass is 19.1. The Hall–Kier alpha value is -4.65. The van der Waals surface area contributed by atoms with Crippen LogP contribution in [0.25, 0.3) is 11.4 Å². The average molecular weight is 505 g/mol. The molecule has 1 aliphatic heterocycles. The van der Waals surface area contributed by atoms with Crippen LogP contribution in [0, 0.1) is 5.82 Å². The summed E-state index contributed by atoms with van der Waals surface area (Å²) in [6, 6.07) is 8.33. The maximum absolute atomic E-state index is 14.6. The number of carbonyl (C=O) groups excluding carboxylic acids is 1. The van der Waals surface area contributed by atoms with Crippen molar-refractivity contribution in [1.82, 2.24) is 40.2 Å². The van der Waals surface area contributed by atoms with Gasteiger partial charge in [-0.1, -0.05) is 0 Å². The predicted molar refractivity (Wildman–Crippen MR) is 134 cm³/mol. The minimum Gasteiger partial charge on any atom is -0.494 e. The first kappa shape index (κ1) is 24.1.